The normalized spacial score (nSPS) is 11.0. The molecule has 0 radical (unpaired) electrons. The highest BCUT2D eigenvalue weighted by atomic mass is 16.3. The fourth-order valence-corrected chi connectivity index (χ4v) is 2.15. The van der Waals surface area contributed by atoms with Crippen LogP contribution < -0.4 is 5.32 Å². The van der Waals surface area contributed by atoms with Crippen LogP contribution in [0.1, 0.15) is 35.7 Å². The first kappa shape index (κ1) is 13.4. The molecule has 0 atom stereocenters. The molecule has 3 aromatic rings. The number of hydrogen-bond donors (Lipinski definition) is 1. The van der Waals surface area contributed by atoms with Gasteiger partial charge in [0.2, 0.25) is 0 Å². The minimum atomic E-state index is -0.155. The quantitative estimate of drug-likeness (QED) is 0.782. The number of hydrogen-bond acceptors (Lipinski definition) is 3. The lowest BCUT2D eigenvalue weighted by Gasteiger charge is -2.08. The van der Waals surface area contributed by atoms with Gasteiger partial charge in [0.05, 0.1) is 0 Å². The highest BCUT2D eigenvalue weighted by molar-refractivity contribution is 6.05. The maximum absolute atomic E-state index is 12.2. The first-order valence-electron chi connectivity index (χ1n) is 6.88. The van der Waals surface area contributed by atoms with E-state index in [1.54, 1.807) is 18.2 Å². The number of rotatable bonds is 3. The van der Waals surface area contributed by atoms with Crippen LogP contribution in [0.2, 0.25) is 0 Å². The third kappa shape index (κ3) is 2.79. The van der Waals surface area contributed by atoms with Crippen molar-refractivity contribution >= 4 is 22.7 Å². The molecule has 1 heterocycles. The summed E-state index contributed by atoms with van der Waals surface area (Å²) in [6, 6.07) is 13.1. The van der Waals surface area contributed by atoms with Crippen LogP contribution in [0, 0.1) is 0 Å². The number of carbonyl (C=O) groups is 1. The van der Waals surface area contributed by atoms with E-state index in [0.717, 1.165) is 5.69 Å². The average molecular weight is 280 g/mol. The lowest BCUT2D eigenvalue weighted by molar-refractivity contribution is 0.102. The smallest absolute Gasteiger partial charge is 0.255 e. The molecule has 21 heavy (non-hydrogen) atoms. The molecule has 4 nitrogen and oxygen atoms in total. The SMILES string of the molecule is CC(C)c1ccc(NC(=O)c2ccc3ocnc3c2)cc1. The van der Waals surface area contributed by atoms with Gasteiger partial charge in [-0.2, -0.15) is 0 Å². The number of amides is 1. The molecule has 0 aliphatic carbocycles. The zero-order valence-electron chi connectivity index (χ0n) is 12.0. The van der Waals surface area contributed by atoms with Crippen LogP contribution in [0.4, 0.5) is 5.69 Å². The Kier molecular flexibility index (Phi) is 3.44. The minimum Gasteiger partial charge on any atom is -0.443 e. The topological polar surface area (TPSA) is 55.1 Å². The van der Waals surface area contributed by atoms with Crippen LogP contribution >= 0.6 is 0 Å². The van der Waals surface area contributed by atoms with E-state index in [-0.39, 0.29) is 5.91 Å². The molecular weight excluding hydrogens is 264 g/mol. The van der Waals surface area contributed by atoms with Gasteiger partial charge in [0, 0.05) is 11.3 Å². The largest absolute Gasteiger partial charge is 0.443 e. The van der Waals surface area contributed by atoms with E-state index >= 15 is 0 Å². The van der Waals surface area contributed by atoms with Crippen molar-refractivity contribution in [2.75, 3.05) is 5.32 Å². The zero-order chi connectivity index (χ0) is 14.8. The third-order valence-corrected chi connectivity index (χ3v) is 3.43. The van der Waals surface area contributed by atoms with Gasteiger partial charge in [-0.25, -0.2) is 4.98 Å². The Morgan fingerprint density at radius 2 is 1.90 bits per heavy atom. The molecule has 106 valence electrons. The van der Waals surface area contributed by atoms with Crippen LogP contribution in [-0.4, -0.2) is 10.9 Å². The lowest BCUT2D eigenvalue weighted by Crippen LogP contribution is -2.11. The number of nitrogens with zero attached hydrogens (tertiary/aromatic N) is 1. The van der Waals surface area contributed by atoms with Gasteiger partial charge < -0.3 is 9.73 Å². The predicted molar refractivity (Wildman–Crippen MR) is 82.5 cm³/mol. The molecule has 0 aliphatic heterocycles. The summed E-state index contributed by atoms with van der Waals surface area (Å²) in [4.78, 5) is 16.3. The third-order valence-electron chi connectivity index (χ3n) is 3.43. The van der Waals surface area contributed by atoms with E-state index in [1.807, 2.05) is 24.3 Å². The van der Waals surface area contributed by atoms with Crippen molar-refractivity contribution in [2.24, 2.45) is 0 Å². The second-order valence-corrected chi connectivity index (χ2v) is 5.27. The molecule has 0 fully saturated rings. The number of anilines is 1. The fourth-order valence-electron chi connectivity index (χ4n) is 2.15. The summed E-state index contributed by atoms with van der Waals surface area (Å²) in [6.45, 7) is 4.28. The zero-order valence-corrected chi connectivity index (χ0v) is 12.0. The van der Waals surface area contributed by atoms with Gasteiger partial charge in [-0.3, -0.25) is 4.79 Å². The predicted octanol–water partition coefficient (Wildman–Crippen LogP) is 4.20. The van der Waals surface area contributed by atoms with Crippen molar-refractivity contribution in [3.63, 3.8) is 0 Å². The minimum absolute atomic E-state index is 0.155. The van der Waals surface area contributed by atoms with Gasteiger partial charge in [0.25, 0.3) is 5.91 Å². The van der Waals surface area contributed by atoms with Gasteiger partial charge in [-0.15, -0.1) is 0 Å². The highest BCUT2D eigenvalue weighted by Gasteiger charge is 2.09. The summed E-state index contributed by atoms with van der Waals surface area (Å²) in [5.41, 5.74) is 3.94. The van der Waals surface area contributed by atoms with Crippen LogP contribution in [0.25, 0.3) is 11.1 Å². The van der Waals surface area contributed by atoms with Gasteiger partial charge in [0.1, 0.15) is 5.52 Å². The number of benzene rings is 2. The van der Waals surface area contributed by atoms with Gasteiger partial charge in [-0.1, -0.05) is 26.0 Å². The number of fused-ring (bicyclic) bond motifs is 1. The number of carbonyl (C=O) groups excluding carboxylic acids is 1. The maximum Gasteiger partial charge on any atom is 0.255 e. The Labute approximate surface area is 122 Å². The average Bonchev–Trinajstić information content (AvgIpc) is 2.95. The van der Waals surface area contributed by atoms with Crippen molar-refractivity contribution in [3.8, 4) is 0 Å². The van der Waals surface area contributed by atoms with E-state index in [9.17, 15) is 4.79 Å². The van der Waals surface area contributed by atoms with E-state index in [4.69, 9.17) is 4.42 Å². The first-order valence-corrected chi connectivity index (χ1v) is 6.88. The molecule has 0 aliphatic rings. The van der Waals surface area contributed by atoms with Gasteiger partial charge in [-0.05, 0) is 41.8 Å². The van der Waals surface area contributed by atoms with E-state index < -0.39 is 0 Å². The number of oxazole rings is 1. The van der Waals surface area contributed by atoms with Crippen molar-refractivity contribution in [1.29, 1.82) is 0 Å². The molecule has 0 unspecified atom stereocenters. The number of aromatic nitrogens is 1. The Bertz CT molecular complexity index is 773. The highest BCUT2D eigenvalue weighted by Crippen LogP contribution is 2.19. The van der Waals surface area contributed by atoms with Gasteiger partial charge >= 0.3 is 0 Å². The number of nitrogens with one attached hydrogen (secondary N) is 1. The van der Waals surface area contributed by atoms with Crippen LogP contribution in [0.15, 0.2) is 53.3 Å². The summed E-state index contributed by atoms with van der Waals surface area (Å²) in [6.07, 6.45) is 1.37. The molecular formula is C17H16N2O2. The van der Waals surface area contributed by atoms with Crippen molar-refractivity contribution in [1.82, 2.24) is 4.98 Å². The Balaban J connectivity index is 1.78. The molecule has 1 N–H and O–H groups in total. The molecule has 3 rings (SSSR count). The molecule has 0 saturated carbocycles. The summed E-state index contributed by atoms with van der Waals surface area (Å²) >= 11 is 0. The molecule has 1 aromatic heterocycles. The Morgan fingerprint density at radius 1 is 1.14 bits per heavy atom. The Hall–Kier alpha value is -2.62. The second kappa shape index (κ2) is 5.40. The summed E-state index contributed by atoms with van der Waals surface area (Å²) in [5.74, 6) is 0.321. The summed E-state index contributed by atoms with van der Waals surface area (Å²) in [5, 5.41) is 2.88. The molecule has 0 bridgehead atoms. The Morgan fingerprint density at radius 3 is 2.62 bits per heavy atom. The van der Waals surface area contributed by atoms with Crippen LogP contribution in [0.5, 0.6) is 0 Å². The van der Waals surface area contributed by atoms with Crippen molar-refractivity contribution in [3.05, 3.63) is 60.0 Å². The molecule has 4 heteroatoms. The molecule has 0 saturated heterocycles. The van der Waals surface area contributed by atoms with Crippen LogP contribution in [0.3, 0.4) is 0 Å². The molecule has 0 spiro atoms. The van der Waals surface area contributed by atoms with E-state index in [2.05, 4.69) is 24.1 Å². The molecule has 2 aromatic carbocycles. The van der Waals surface area contributed by atoms with Crippen LogP contribution in [-0.2, 0) is 0 Å². The monoisotopic (exact) mass is 280 g/mol. The van der Waals surface area contributed by atoms with Crippen molar-refractivity contribution in [2.45, 2.75) is 19.8 Å². The molecule has 1 amide bonds. The standard InChI is InChI=1S/C17H16N2O2/c1-11(2)12-3-6-14(7-4-12)19-17(20)13-5-8-16-15(9-13)18-10-21-16/h3-11H,1-2H3,(H,19,20). The fraction of sp³-hybridized carbons (Fsp3) is 0.176. The second-order valence-electron chi connectivity index (χ2n) is 5.27. The van der Waals surface area contributed by atoms with E-state index in [0.29, 0.717) is 22.6 Å². The lowest BCUT2D eigenvalue weighted by atomic mass is 10.0. The first-order chi connectivity index (χ1) is 10.1. The summed E-state index contributed by atoms with van der Waals surface area (Å²) < 4.78 is 5.16. The summed E-state index contributed by atoms with van der Waals surface area (Å²) in [7, 11) is 0. The van der Waals surface area contributed by atoms with Crippen molar-refractivity contribution < 1.29 is 9.21 Å². The maximum atomic E-state index is 12.2. The van der Waals surface area contributed by atoms with E-state index in [1.165, 1.54) is 12.0 Å². The van der Waals surface area contributed by atoms with Gasteiger partial charge in [0.15, 0.2) is 12.0 Å².